The molecule has 3 rings (SSSR count). The predicted molar refractivity (Wildman–Crippen MR) is 115 cm³/mol. The summed E-state index contributed by atoms with van der Waals surface area (Å²) in [5, 5.41) is 2.87. The number of para-hydroxylation sites is 2. The summed E-state index contributed by atoms with van der Waals surface area (Å²) < 4.78 is 28.3. The molecule has 2 amide bonds. The van der Waals surface area contributed by atoms with E-state index in [9.17, 15) is 18.0 Å². The first-order chi connectivity index (χ1) is 14.3. The highest BCUT2D eigenvalue weighted by Crippen LogP contribution is 2.33. The third-order valence-electron chi connectivity index (χ3n) is 4.87. The Hall–Kier alpha value is -2.87. The molecule has 1 saturated heterocycles. The fourth-order valence-corrected chi connectivity index (χ4v) is 4.26. The molecule has 1 aliphatic heterocycles. The molecule has 0 aromatic heterocycles. The van der Waals surface area contributed by atoms with E-state index in [0.29, 0.717) is 36.7 Å². The quantitative estimate of drug-likeness (QED) is 0.694. The van der Waals surface area contributed by atoms with Crippen molar-refractivity contribution in [3.63, 3.8) is 0 Å². The van der Waals surface area contributed by atoms with Crippen LogP contribution >= 0.6 is 0 Å². The molecular weight excluding hydrogens is 404 g/mol. The molecular formula is C22H26N2O5S. The lowest BCUT2D eigenvalue weighted by molar-refractivity contribution is -0.126. The third-order valence-corrected chi connectivity index (χ3v) is 5.73. The molecule has 160 valence electrons. The van der Waals surface area contributed by atoms with Crippen molar-refractivity contribution in [1.29, 1.82) is 0 Å². The molecule has 0 radical (unpaired) electrons. The summed E-state index contributed by atoms with van der Waals surface area (Å²) in [6.45, 7) is 3.00. The minimum Gasteiger partial charge on any atom is -0.492 e. The van der Waals surface area contributed by atoms with Crippen LogP contribution in [0.15, 0.2) is 48.5 Å². The molecule has 1 heterocycles. The van der Waals surface area contributed by atoms with E-state index in [1.54, 1.807) is 29.2 Å². The average Bonchev–Trinajstić information content (AvgIpc) is 3.08. The molecule has 0 saturated carbocycles. The molecule has 0 bridgehead atoms. The van der Waals surface area contributed by atoms with E-state index in [1.165, 1.54) is 6.26 Å². The summed E-state index contributed by atoms with van der Waals surface area (Å²) in [5.41, 5.74) is 2.25. The van der Waals surface area contributed by atoms with Gasteiger partial charge in [0.05, 0.1) is 24.0 Å². The second kappa shape index (κ2) is 9.30. The molecule has 30 heavy (non-hydrogen) atoms. The van der Waals surface area contributed by atoms with Crippen molar-refractivity contribution in [2.45, 2.75) is 25.6 Å². The van der Waals surface area contributed by atoms with E-state index in [1.807, 2.05) is 31.2 Å². The van der Waals surface area contributed by atoms with Crippen LogP contribution in [0.25, 0.3) is 0 Å². The number of nitrogens with one attached hydrogen (secondary N) is 1. The summed E-state index contributed by atoms with van der Waals surface area (Å²) >= 11 is 0. The fourth-order valence-electron chi connectivity index (χ4n) is 3.46. The first kappa shape index (κ1) is 21.8. The normalized spacial score (nSPS) is 16.5. The highest BCUT2D eigenvalue weighted by atomic mass is 32.2. The first-order valence-electron chi connectivity index (χ1n) is 9.82. The van der Waals surface area contributed by atoms with Gasteiger partial charge in [0, 0.05) is 25.8 Å². The lowest BCUT2D eigenvalue weighted by Crippen LogP contribution is -2.32. The number of anilines is 1. The van der Waals surface area contributed by atoms with E-state index < -0.39 is 15.8 Å². The van der Waals surface area contributed by atoms with Crippen molar-refractivity contribution < 1.29 is 22.7 Å². The Balaban J connectivity index is 1.59. The van der Waals surface area contributed by atoms with E-state index in [2.05, 4.69) is 5.32 Å². The van der Waals surface area contributed by atoms with Gasteiger partial charge in [0.1, 0.15) is 5.75 Å². The zero-order chi connectivity index (χ0) is 21.7. The maximum atomic E-state index is 12.6. The van der Waals surface area contributed by atoms with Crippen molar-refractivity contribution in [3.8, 4) is 5.75 Å². The predicted octanol–water partition coefficient (Wildman–Crippen LogP) is 2.30. The summed E-state index contributed by atoms with van der Waals surface area (Å²) in [5.74, 6) is -0.101. The highest BCUT2D eigenvalue weighted by Gasteiger charge is 2.36. The Kier molecular flexibility index (Phi) is 6.77. The largest absolute Gasteiger partial charge is 0.492 e. The zero-order valence-corrected chi connectivity index (χ0v) is 17.9. The summed E-state index contributed by atoms with van der Waals surface area (Å²) in [7, 11) is -3.08. The van der Waals surface area contributed by atoms with Gasteiger partial charge in [-0.2, -0.15) is 0 Å². The van der Waals surface area contributed by atoms with Gasteiger partial charge in [-0.25, -0.2) is 8.42 Å². The molecule has 1 N–H and O–H groups in total. The Labute approximate surface area is 177 Å². The van der Waals surface area contributed by atoms with Gasteiger partial charge >= 0.3 is 0 Å². The topological polar surface area (TPSA) is 92.8 Å². The van der Waals surface area contributed by atoms with Crippen LogP contribution in [-0.2, 0) is 31.7 Å². The maximum absolute atomic E-state index is 12.6. The number of ether oxygens (including phenoxy) is 1. The minimum absolute atomic E-state index is 0.0110. The summed E-state index contributed by atoms with van der Waals surface area (Å²) in [4.78, 5) is 26.7. The van der Waals surface area contributed by atoms with E-state index in [4.69, 9.17) is 4.74 Å². The molecule has 1 unspecified atom stereocenters. The number of nitrogens with zero attached hydrogens (tertiary/aromatic N) is 1. The van der Waals surface area contributed by atoms with Gasteiger partial charge in [0.2, 0.25) is 11.8 Å². The van der Waals surface area contributed by atoms with Crippen molar-refractivity contribution in [3.05, 3.63) is 59.7 Å². The minimum atomic E-state index is -3.08. The summed E-state index contributed by atoms with van der Waals surface area (Å²) in [6, 6.07) is 14.4. The zero-order valence-electron chi connectivity index (χ0n) is 17.1. The van der Waals surface area contributed by atoms with Crippen LogP contribution in [-0.4, -0.2) is 39.6 Å². The van der Waals surface area contributed by atoms with Gasteiger partial charge in [0.25, 0.3) is 0 Å². The highest BCUT2D eigenvalue weighted by molar-refractivity contribution is 7.89. The van der Waals surface area contributed by atoms with E-state index in [-0.39, 0.29) is 24.0 Å². The standard InChI is InChI=1S/C22H26N2O5S/c1-3-29-20-7-5-4-6-19(20)24-14-18(12-21(24)25)22(26)23-13-16-8-10-17(11-9-16)15-30(2,27)28/h4-11,18H,3,12-15H2,1-2H3,(H,23,26). The van der Waals surface area contributed by atoms with Gasteiger partial charge in [0.15, 0.2) is 9.84 Å². The number of benzene rings is 2. The fraction of sp³-hybridized carbons (Fsp3) is 0.364. The van der Waals surface area contributed by atoms with Gasteiger partial charge in [-0.1, -0.05) is 36.4 Å². The number of carbonyl (C=O) groups excluding carboxylic acids is 2. The lowest BCUT2D eigenvalue weighted by Gasteiger charge is -2.20. The molecule has 0 aliphatic carbocycles. The number of sulfone groups is 1. The van der Waals surface area contributed by atoms with Crippen LogP contribution < -0.4 is 15.0 Å². The van der Waals surface area contributed by atoms with Crippen LogP contribution in [0.5, 0.6) is 5.75 Å². The molecule has 2 aromatic rings. The molecule has 8 heteroatoms. The van der Waals surface area contributed by atoms with Crippen molar-refractivity contribution >= 4 is 27.3 Å². The SMILES string of the molecule is CCOc1ccccc1N1CC(C(=O)NCc2ccc(CS(C)(=O)=O)cc2)CC1=O. The lowest BCUT2D eigenvalue weighted by atomic mass is 10.1. The summed E-state index contributed by atoms with van der Waals surface area (Å²) in [6.07, 6.45) is 1.35. The van der Waals surface area contributed by atoms with Crippen LogP contribution in [0.4, 0.5) is 5.69 Å². The van der Waals surface area contributed by atoms with Crippen molar-refractivity contribution in [2.24, 2.45) is 5.92 Å². The van der Waals surface area contributed by atoms with Gasteiger partial charge in [-0.3, -0.25) is 9.59 Å². The van der Waals surface area contributed by atoms with Crippen LogP contribution in [0.1, 0.15) is 24.5 Å². The Morgan fingerprint density at radius 1 is 1.13 bits per heavy atom. The molecule has 1 aliphatic rings. The molecule has 7 nitrogen and oxygen atoms in total. The molecule has 2 aromatic carbocycles. The second-order valence-electron chi connectivity index (χ2n) is 7.41. The van der Waals surface area contributed by atoms with E-state index >= 15 is 0 Å². The van der Waals surface area contributed by atoms with Gasteiger partial charge in [-0.15, -0.1) is 0 Å². The van der Waals surface area contributed by atoms with Crippen LogP contribution in [0.2, 0.25) is 0 Å². The van der Waals surface area contributed by atoms with E-state index in [0.717, 1.165) is 5.56 Å². The smallest absolute Gasteiger partial charge is 0.227 e. The van der Waals surface area contributed by atoms with Crippen LogP contribution in [0.3, 0.4) is 0 Å². The number of carbonyl (C=O) groups is 2. The number of rotatable bonds is 8. The first-order valence-corrected chi connectivity index (χ1v) is 11.9. The monoisotopic (exact) mass is 430 g/mol. The molecule has 1 fully saturated rings. The van der Waals surface area contributed by atoms with Crippen molar-refractivity contribution in [1.82, 2.24) is 5.32 Å². The third kappa shape index (κ3) is 5.60. The second-order valence-corrected chi connectivity index (χ2v) is 9.55. The Morgan fingerprint density at radius 3 is 2.47 bits per heavy atom. The maximum Gasteiger partial charge on any atom is 0.227 e. The molecule has 0 spiro atoms. The number of hydrogen-bond donors (Lipinski definition) is 1. The van der Waals surface area contributed by atoms with Crippen LogP contribution in [0, 0.1) is 5.92 Å². The molecule has 1 atom stereocenters. The number of hydrogen-bond acceptors (Lipinski definition) is 5. The van der Waals surface area contributed by atoms with Gasteiger partial charge < -0.3 is 15.0 Å². The Bertz CT molecular complexity index is 1020. The van der Waals surface area contributed by atoms with Crippen molar-refractivity contribution in [2.75, 3.05) is 24.3 Å². The average molecular weight is 431 g/mol. The number of amides is 2. The van der Waals surface area contributed by atoms with Gasteiger partial charge in [-0.05, 0) is 30.2 Å². The Morgan fingerprint density at radius 2 is 1.80 bits per heavy atom.